The molecule has 4 aromatic rings. The van der Waals surface area contributed by atoms with Crippen molar-refractivity contribution in [1.29, 1.82) is 0 Å². The summed E-state index contributed by atoms with van der Waals surface area (Å²) in [6.45, 7) is -1.23. The van der Waals surface area contributed by atoms with Crippen molar-refractivity contribution in [3.63, 3.8) is 0 Å². The van der Waals surface area contributed by atoms with E-state index in [-0.39, 0.29) is 18.6 Å². The van der Waals surface area contributed by atoms with Crippen LogP contribution in [0.4, 0.5) is 26.3 Å². The zero-order valence-electron chi connectivity index (χ0n) is 19.9. The SMILES string of the molecule is C.NCC(F)(F)F.O=C(CCC(F)(F)F)c1coc(-c2cccnc2)c1.O=C(O)c1coc(-c2cccnc2)c1. The van der Waals surface area contributed by atoms with Gasteiger partial charge in [-0.25, -0.2) is 4.79 Å². The molecule has 0 aromatic carbocycles. The summed E-state index contributed by atoms with van der Waals surface area (Å²) in [7, 11) is 0. The van der Waals surface area contributed by atoms with Crippen LogP contribution >= 0.6 is 0 Å². The highest BCUT2D eigenvalue weighted by Crippen LogP contribution is 2.25. The van der Waals surface area contributed by atoms with Gasteiger partial charge in [-0.1, -0.05) is 7.43 Å². The van der Waals surface area contributed by atoms with E-state index >= 15 is 0 Å². The summed E-state index contributed by atoms with van der Waals surface area (Å²) < 4.78 is 78.3. The monoisotopic (exact) mass is 573 g/mol. The Bertz CT molecular complexity index is 1320. The van der Waals surface area contributed by atoms with Crippen molar-refractivity contribution in [3.8, 4) is 22.6 Å². The predicted octanol–water partition coefficient (Wildman–Crippen LogP) is 7.05. The average molecular weight is 573 g/mol. The molecular weight excluding hydrogens is 548 g/mol. The van der Waals surface area contributed by atoms with Gasteiger partial charge in [0.1, 0.15) is 24.0 Å². The molecule has 216 valence electrons. The van der Waals surface area contributed by atoms with E-state index in [4.69, 9.17) is 13.9 Å². The maximum Gasteiger partial charge on any atom is 0.400 e. The second kappa shape index (κ2) is 15.2. The van der Waals surface area contributed by atoms with E-state index in [0.29, 0.717) is 17.1 Å². The number of rotatable bonds is 6. The van der Waals surface area contributed by atoms with E-state index in [0.717, 1.165) is 5.56 Å². The summed E-state index contributed by atoms with van der Waals surface area (Å²) in [6.07, 6.45) is -1.44. The van der Waals surface area contributed by atoms with Crippen molar-refractivity contribution in [2.45, 2.75) is 32.6 Å². The minimum absolute atomic E-state index is 0. The van der Waals surface area contributed by atoms with Gasteiger partial charge >= 0.3 is 18.3 Å². The number of carboxylic acid groups (broad SMARTS) is 1. The van der Waals surface area contributed by atoms with Crippen LogP contribution in [0.1, 0.15) is 41.0 Å². The number of aromatic nitrogens is 2. The molecule has 0 aliphatic heterocycles. The third kappa shape index (κ3) is 11.9. The molecule has 14 heteroatoms. The maximum atomic E-state index is 12.0. The first kappa shape index (κ1) is 33.6. The van der Waals surface area contributed by atoms with Gasteiger partial charge in [0.15, 0.2) is 5.78 Å². The first-order valence-electron chi connectivity index (χ1n) is 10.9. The lowest BCUT2D eigenvalue weighted by atomic mass is 10.1. The molecule has 0 aliphatic carbocycles. The number of furan rings is 2. The van der Waals surface area contributed by atoms with Gasteiger partial charge in [0.25, 0.3) is 0 Å². The first-order chi connectivity index (χ1) is 18.3. The first-order valence-corrected chi connectivity index (χ1v) is 10.9. The quantitative estimate of drug-likeness (QED) is 0.185. The molecule has 0 spiro atoms. The second-order valence-corrected chi connectivity index (χ2v) is 7.55. The number of hydrogen-bond acceptors (Lipinski definition) is 7. The fourth-order valence-corrected chi connectivity index (χ4v) is 2.65. The average Bonchev–Trinajstić information content (AvgIpc) is 3.59. The lowest BCUT2D eigenvalue weighted by molar-refractivity contribution is -0.133. The van der Waals surface area contributed by atoms with Crippen LogP contribution in [0, 0.1) is 0 Å². The van der Waals surface area contributed by atoms with Crippen molar-refractivity contribution < 1.29 is 49.9 Å². The highest BCUT2D eigenvalue weighted by Gasteiger charge is 2.28. The van der Waals surface area contributed by atoms with Crippen molar-refractivity contribution in [2.75, 3.05) is 6.54 Å². The van der Waals surface area contributed by atoms with Crippen molar-refractivity contribution in [2.24, 2.45) is 5.73 Å². The normalized spacial score (nSPS) is 10.8. The number of ketones is 1. The molecule has 0 bridgehead atoms. The minimum Gasteiger partial charge on any atom is -0.478 e. The Hall–Kier alpha value is -4.46. The molecule has 0 atom stereocenters. The predicted molar refractivity (Wildman–Crippen MR) is 132 cm³/mol. The van der Waals surface area contributed by atoms with Gasteiger partial charge in [0.2, 0.25) is 0 Å². The van der Waals surface area contributed by atoms with E-state index in [1.54, 1.807) is 49.1 Å². The third-order valence-electron chi connectivity index (χ3n) is 4.53. The van der Waals surface area contributed by atoms with Gasteiger partial charge in [-0.2, -0.15) is 26.3 Å². The van der Waals surface area contributed by atoms with E-state index in [1.807, 2.05) is 0 Å². The summed E-state index contributed by atoms with van der Waals surface area (Å²) in [5.74, 6) is -0.668. The molecule has 0 saturated heterocycles. The number of pyridine rings is 2. The zero-order chi connectivity index (χ0) is 29.1. The molecular formula is C26H25F6N3O5. The summed E-state index contributed by atoms with van der Waals surface area (Å²) in [6, 6.07) is 9.89. The Balaban J connectivity index is 0.000000335. The molecule has 0 amide bonds. The number of hydrogen-bond donors (Lipinski definition) is 2. The number of carboxylic acids is 1. The van der Waals surface area contributed by atoms with Crippen molar-refractivity contribution >= 4 is 11.8 Å². The van der Waals surface area contributed by atoms with Gasteiger partial charge in [-0.05, 0) is 36.4 Å². The number of Topliss-reactive ketones (excluding diaryl/α,β-unsaturated/α-hetero) is 1. The number of carbonyl (C=O) groups excluding carboxylic acids is 1. The lowest BCUT2D eigenvalue weighted by Crippen LogP contribution is -2.21. The van der Waals surface area contributed by atoms with Gasteiger partial charge in [0.05, 0.1) is 24.1 Å². The van der Waals surface area contributed by atoms with Gasteiger partial charge in [0, 0.05) is 42.3 Å². The molecule has 3 N–H and O–H groups in total. The molecule has 0 saturated carbocycles. The van der Waals surface area contributed by atoms with E-state index < -0.39 is 43.5 Å². The molecule has 0 aliphatic rings. The number of aromatic carboxylic acids is 1. The van der Waals surface area contributed by atoms with Crippen LogP contribution in [0.3, 0.4) is 0 Å². The Morgan fingerprint density at radius 2 is 1.27 bits per heavy atom. The maximum absolute atomic E-state index is 12.0. The topological polar surface area (TPSA) is 132 Å². The molecule has 8 nitrogen and oxygen atoms in total. The standard InChI is InChI=1S/C13H10F3NO2.C10H7NO3.C2H4F3N.CH4/c14-13(15,16)4-3-11(18)10-6-12(19-8-10)9-2-1-5-17-7-9;12-10(13)8-4-9(14-6-8)7-2-1-3-11-5-7;3-2(4,5)1-6;/h1-2,5-8H,3-4H2;1-6H,(H,12,13);1,6H2;1H4. The third-order valence-corrected chi connectivity index (χ3v) is 4.53. The highest BCUT2D eigenvalue weighted by molar-refractivity contribution is 5.96. The van der Waals surface area contributed by atoms with Crippen molar-refractivity contribution in [3.05, 3.63) is 84.8 Å². The van der Waals surface area contributed by atoms with Crippen LogP contribution < -0.4 is 5.73 Å². The Morgan fingerprint density at radius 3 is 1.62 bits per heavy atom. The molecule has 4 heterocycles. The second-order valence-electron chi connectivity index (χ2n) is 7.55. The van der Waals surface area contributed by atoms with Crippen LogP contribution in [-0.4, -0.2) is 45.7 Å². The van der Waals surface area contributed by atoms with Crippen LogP contribution in [0.2, 0.25) is 0 Å². The molecule has 4 aromatic heterocycles. The number of nitrogens with two attached hydrogens (primary N) is 1. The van der Waals surface area contributed by atoms with Crippen LogP contribution in [0.5, 0.6) is 0 Å². The van der Waals surface area contributed by atoms with Crippen LogP contribution in [-0.2, 0) is 0 Å². The van der Waals surface area contributed by atoms with Gasteiger partial charge in [-0.3, -0.25) is 14.8 Å². The summed E-state index contributed by atoms with van der Waals surface area (Å²) >= 11 is 0. The summed E-state index contributed by atoms with van der Waals surface area (Å²) in [5.41, 5.74) is 5.89. The smallest absolute Gasteiger partial charge is 0.400 e. The number of carbonyl (C=O) groups is 2. The van der Waals surface area contributed by atoms with Gasteiger partial charge < -0.3 is 19.7 Å². The molecule has 0 radical (unpaired) electrons. The van der Waals surface area contributed by atoms with Crippen molar-refractivity contribution in [1.82, 2.24) is 9.97 Å². The Kier molecular flexibility index (Phi) is 12.8. The Morgan fingerprint density at radius 1 is 0.825 bits per heavy atom. The zero-order valence-corrected chi connectivity index (χ0v) is 19.9. The van der Waals surface area contributed by atoms with Crippen LogP contribution in [0.25, 0.3) is 22.6 Å². The number of alkyl halides is 6. The van der Waals surface area contributed by atoms with E-state index in [9.17, 15) is 35.9 Å². The van der Waals surface area contributed by atoms with E-state index in [2.05, 4.69) is 15.7 Å². The van der Waals surface area contributed by atoms with Gasteiger partial charge in [-0.15, -0.1) is 0 Å². The molecule has 0 fully saturated rings. The van der Waals surface area contributed by atoms with Crippen LogP contribution in [0.15, 0.2) is 82.5 Å². The molecule has 40 heavy (non-hydrogen) atoms. The lowest BCUT2D eigenvalue weighted by Gasteiger charge is -2.03. The molecule has 4 rings (SSSR count). The Labute approximate surface area is 224 Å². The summed E-state index contributed by atoms with van der Waals surface area (Å²) in [5, 5.41) is 8.67. The summed E-state index contributed by atoms with van der Waals surface area (Å²) in [4.78, 5) is 29.9. The fourth-order valence-electron chi connectivity index (χ4n) is 2.65. The largest absolute Gasteiger partial charge is 0.478 e. The number of nitrogens with zero attached hydrogens (tertiary/aromatic N) is 2. The highest BCUT2D eigenvalue weighted by atomic mass is 19.4. The van der Waals surface area contributed by atoms with E-state index in [1.165, 1.54) is 24.7 Å². The molecule has 0 unspecified atom stereocenters. The minimum atomic E-state index is -4.33. The number of halogens is 6. The fraction of sp³-hybridized carbons (Fsp3) is 0.231.